The van der Waals surface area contributed by atoms with Crippen molar-refractivity contribution < 1.29 is 17.9 Å². The molecule has 1 N–H and O–H groups in total. The highest BCUT2D eigenvalue weighted by atomic mass is 32.2. The predicted molar refractivity (Wildman–Crippen MR) is 114 cm³/mol. The van der Waals surface area contributed by atoms with Crippen molar-refractivity contribution in [1.29, 1.82) is 0 Å². The second-order valence-electron chi connectivity index (χ2n) is 7.55. The molecule has 0 unspecified atom stereocenters. The van der Waals surface area contributed by atoms with Crippen LogP contribution in [-0.4, -0.2) is 48.1 Å². The lowest BCUT2D eigenvalue weighted by Crippen LogP contribution is -2.26. The van der Waals surface area contributed by atoms with Gasteiger partial charge in [0.05, 0.1) is 24.7 Å². The molecule has 1 aliphatic rings. The number of benzene rings is 1. The minimum absolute atomic E-state index is 0.0246. The Morgan fingerprint density at radius 3 is 2.77 bits per heavy atom. The van der Waals surface area contributed by atoms with Crippen molar-refractivity contribution in [1.82, 2.24) is 14.6 Å². The highest BCUT2D eigenvalue weighted by Crippen LogP contribution is 2.35. The second-order valence-corrected chi connectivity index (χ2v) is 9.91. The summed E-state index contributed by atoms with van der Waals surface area (Å²) in [7, 11) is -3.19. The molecule has 160 valence electrons. The van der Waals surface area contributed by atoms with Crippen molar-refractivity contribution in [2.45, 2.75) is 38.5 Å². The molecule has 0 radical (unpaired) electrons. The fraction of sp³-hybridized carbons (Fsp3) is 0.429. The molecule has 30 heavy (non-hydrogen) atoms. The van der Waals surface area contributed by atoms with Crippen LogP contribution < -0.4 is 10.3 Å². The van der Waals surface area contributed by atoms with E-state index in [1.54, 1.807) is 23.7 Å². The summed E-state index contributed by atoms with van der Waals surface area (Å²) in [6.07, 6.45) is 3.16. The minimum atomic E-state index is -3.19. The Kier molecular flexibility index (Phi) is 5.66. The highest BCUT2D eigenvalue weighted by Gasteiger charge is 2.21. The zero-order valence-electron chi connectivity index (χ0n) is 17.1. The smallest absolute Gasteiger partial charge is 0.288 e. The lowest BCUT2D eigenvalue weighted by Gasteiger charge is -2.25. The first kappa shape index (κ1) is 20.6. The number of nitrogens with one attached hydrogen (secondary N) is 1. The van der Waals surface area contributed by atoms with E-state index in [0.717, 1.165) is 29.7 Å². The van der Waals surface area contributed by atoms with Crippen LogP contribution in [0.1, 0.15) is 30.9 Å². The van der Waals surface area contributed by atoms with Gasteiger partial charge in [0.1, 0.15) is 23.7 Å². The first-order valence-corrected chi connectivity index (χ1v) is 11.8. The summed E-state index contributed by atoms with van der Waals surface area (Å²) in [5.74, 6) is 0.684. The molecule has 1 aliphatic heterocycles. The molecule has 4 rings (SSSR count). The summed E-state index contributed by atoms with van der Waals surface area (Å²) in [5, 5.41) is 6.38. The van der Waals surface area contributed by atoms with Crippen molar-refractivity contribution in [3.8, 4) is 17.0 Å². The molecule has 0 spiro atoms. The van der Waals surface area contributed by atoms with Crippen LogP contribution >= 0.6 is 0 Å². The van der Waals surface area contributed by atoms with Crippen LogP contribution in [0.25, 0.3) is 16.8 Å². The summed E-state index contributed by atoms with van der Waals surface area (Å²) in [5.41, 5.74) is 3.18. The van der Waals surface area contributed by atoms with Gasteiger partial charge in [0, 0.05) is 24.2 Å². The Morgan fingerprint density at radius 1 is 1.27 bits per heavy atom. The molecular formula is C21H25N3O5S. The molecule has 0 atom stereocenters. The van der Waals surface area contributed by atoms with Crippen molar-refractivity contribution >= 4 is 15.4 Å². The highest BCUT2D eigenvalue weighted by molar-refractivity contribution is 7.90. The first-order chi connectivity index (χ1) is 14.4. The Labute approximate surface area is 174 Å². The number of nitrogens with zero attached hydrogens (tertiary/aromatic N) is 2. The normalized spacial score (nSPS) is 15.5. The van der Waals surface area contributed by atoms with E-state index in [2.05, 4.69) is 10.2 Å². The molecule has 8 nitrogen and oxygen atoms in total. The van der Waals surface area contributed by atoms with E-state index in [0.29, 0.717) is 30.0 Å². The van der Waals surface area contributed by atoms with Crippen LogP contribution in [0.5, 0.6) is 5.75 Å². The predicted octanol–water partition coefficient (Wildman–Crippen LogP) is 2.49. The van der Waals surface area contributed by atoms with Crippen LogP contribution in [0.3, 0.4) is 0 Å². The molecule has 3 heterocycles. The average molecular weight is 432 g/mol. The van der Waals surface area contributed by atoms with Crippen molar-refractivity contribution in [3.05, 3.63) is 52.1 Å². The van der Waals surface area contributed by atoms with E-state index < -0.39 is 9.84 Å². The van der Waals surface area contributed by atoms with Gasteiger partial charge in [-0.25, -0.2) is 13.5 Å². The molecule has 1 aromatic carbocycles. The van der Waals surface area contributed by atoms with Crippen LogP contribution in [0.2, 0.25) is 0 Å². The third-order valence-electron chi connectivity index (χ3n) is 5.39. The van der Waals surface area contributed by atoms with Gasteiger partial charge in [0.25, 0.3) is 5.56 Å². The van der Waals surface area contributed by atoms with Gasteiger partial charge in [0.15, 0.2) is 9.84 Å². The summed E-state index contributed by atoms with van der Waals surface area (Å²) in [6, 6.07) is 7.35. The summed E-state index contributed by atoms with van der Waals surface area (Å²) < 4.78 is 37.8. The Hall–Kier alpha value is -2.65. The van der Waals surface area contributed by atoms with Crippen LogP contribution in [-0.2, 0) is 20.3 Å². The van der Waals surface area contributed by atoms with Crippen LogP contribution in [0.4, 0.5) is 0 Å². The lowest BCUT2D eigenvalue weighted by atomic mass is 10.1. The SMILES string of the molecule is CCS(=O)(=O)Cc1ccc(OC2CCOCC2)c(-c2cc(C)c3c(=O)[nH]ncn23)c1. The number of H-pyrrole nitrogens is 1. The molecular weight excluding hydrogens is 406 g/mol. The average Bonchev–Trinajstić information content (AvgIpc) is 3.07. The zero-order valence-corrected chi connectivity index (χ0v) is 17.9. The van der Waals surface area contributed by atoms with E-state index >= 15 is 0 Å². The fourth-order valence-corrected chi connectivity index (χ4v) is 4.66. The maximum atomic E-state index is 12.3. The molecule has 9 heteroatoms. The Morgan fingerprint density at radius 2 is 2.03 bits per heavy atom. The minimum Gasteiger partial charge on any atom is -0.490 e. The van der Waals surface area contributed by atoms with Gasteiger partial charge in [-0.1, -0.05) is 13.0 Å². The van der Waals surface area contributed by atoms with Crippen LogP contribution in [0, 0.1) is 6.92 Å². The first-order valence-electron chi connectivity index (χ1n) is 10.0. The van der Waals surface area contributed by atoms with Crippen molar-refractivity contribution in [2.24, 2.45) is 0 Å². The Bertz CT molecular complexity index is 1220. The van der Waals surface area contributed by atoms with Crippen molar-refractivity contribution in [3.63, 3.8) is 0 Å². The number of rotatable bonds is 6. The topological polar surface area (TPSA) is 103 Å². The third-order valence-corrected chi connectivity index (χ3v) is 7.04. The van der Waals surface area contributed by atoms with Gasteiger partial charge in [-0.15, -0.1) is 0 Å². The number of hydrogen-bond acceptors (Lipinski definition) is 6. The van der Waals surface area contributed by atoms with Gasteiger partial charge in [-0.3, -0.25) is 9.20 Å². The quantitative estimate of drug-likeness (QED) is 0.643. The maximum absolute atomic E-state index is 12.3. The van der Waals surface area contributed by atoms with Gasteiger partial charge in [0.2, 0.25) is 0 Å². The largest absolute Gasteiger partial charge is 0.490 e. The molecule has 1 fully saturated rings. The number of aryl methyl sites for hydroxylation is 1. The van der Waals surface area contributed by atoms with E-state index in [-0.39, 0.29) is 23.2 Å². The molecule has 3 aromatic rings. The third kappa shape index (κ3) is 4.13. The zero-order chi connectivity index (χ0) is 21.3. The monoisotopic (exact) mass is 431 g/mol. The molecule has 0 saturated carbocycles. The molecule has 1 saturated heterocycles. The van der Waals surface area contributed by atoms with Gasteiger partial charge in [-0.05, 0) is 36.2 Å². The van der Waals surface area contributed by atoms with E-state index in [1.165, 1.54) is 0 Å². The molecule has 0 bridgehead atoms. The van der Waals surface area contributed by atoms with Crippen LogP contribution in [0.15, 0.2) is 35.4 Å². The van der Waals surface area contributed by atoms with Gasteiger partial charge in [-0.2, -0.15) is 5.10 Å². The standard InChI is InChI=1S/C21H25N3O5S/c1-3-30(26,27)12-15-4-5-19(29-16-6-8-28-9-7-16)17(11-15)18-10-14(2)20-21(25)23-22-13-24(18)20/h4-5,10-11,13,16H,3,6-9,12H2,1-2H3,(H,23,25). The number of aromatic nitrogens is 3. The van der Waals surface area contributed by atoms with Crippen molar-refractivity contribution in [2.75, 3.05) is 19.0 Å². The van der Waals surface area contributed by atoms with Gasteiger partial charge >= 0.3 is 0 Å². The lowest BCUT2D eigenvalue weighted by molar-refractivity contribution is 0.0258. The number of fused-ring (bicyclic) bond motifs is 1. The number of ether oxygens (including phenoxy) is 2. The molecule has 0 amide bonds. The fourth-order valence-electron chi connectivity index (χ4n) is 3.77. The second kappa shape index (κ2) is 8.23. The molecule has 0 aliphatic carbocycles. The number of aromatic amines is 1. The number of sulfone groups is 1. The summed E-state index contributed by atoms with van der Waals surface area (Å²) >= 11 is 0. The molecule has 2 aromatic heterocycles. The summed E-state index contributed by atoms with van der Waals surface area (Å²) in [4.78, 5) is 12.3. The van der Waals surface area contributed by atoms with Gasteiger partial charge < -0.3 is 9.47 Å². The van der Waals surface area contributed by atoms with E-state index in [4.69, 9.17) is 9.47 Å². The van der Waals surface area contributed by atoms with E-state index in [9.17, 15) is 13.2 Å². The number of hydrogen-bond donors (Lipinski definition) is 1. The van der Waals surface area contributed by atoms with E-state index in [1.807, 2.05) is 25.1 Å². The maximum Gasteiger partial charge on any atom is 0.288 e. The summed E-state index contributed by atoms with van der Waals surface area (Å²) in [6.45, 7) is 4.80. The Balaban J connectivity index is 1.84.